The van der Waals surface area contributed by atoms with Crippen molar-refractivity contribution in [1.29, 1.82) is 0 Å². The molecular formula is C7H12F2N2O. The summed E-state index contributed by atoms with van der Waals surface area (Å²) >= 11 is 0. The summed E-state index contributed by atoms with van der Waals surface area (Å²) in [6, 6.07) is -0.511. The summed E-state index contributed by atoms with van der Waals surface area (Å²) in [6.07, 6.45) is -1.54. The number of halogens is 2. The molecule has 0 aromatic heterocycles. The number of nitrogens with two attached hydrogens (primary N) is 1. The van der Waals surface area contributed by atoms with Gasteiger partial charge in [0.05, 0.1) is 0 Å². The minimum atomic E-state index is -2.26. The maximum Gasteiger partial charge on any atom is 0.314 e. The van der Waals surface area contributed by atoms with Gasteiger partial charge in [-0.2, -0.15) is 0 Å². The van der Waals surface area contributed by atoms with Gasteiger partial charge in [0.15, 0.2) is 0 Å². The molecule has 0 aromatic rings. The number of alkyl halides is 2. The van der Waals surface area contributed by atoms with Crippen molar-refractivity contribution in [2.24, 2.45) is 11.7 Å². The Hall–Kier alpha value is -0.870. The maximum atomic E-state index is 12.1. The van der Waals surface area contributed by atoms with E-state index >= 15 is 0 Å². The van der Waals surface area contributed by atoms with Crippen molar-refractivity contribution in [2.75, 3.05) is 13.1 Å². The van der Waals surface area contributed by atoms with Gasteiger partial charge < -0.3 is 10.6 Å². The first kappa shape index (κ1) is 9.22. The average Bonchev–Trinajstić information content (AvgIpc) is 2.04. The fourth-order valence-electron chi connectivity index (χ4n) is 1.37. The summed E-state index contributed by atoms with van der Waals surface area (Å²) in [5.74, 6) is -0.555. The molecule has 1 rings (SSSR count). The molecule has 0 spiro atoms. The highest BCUT2D eigenvalue weighted by Crippen LogP contribution is 2.22. The van der Waals surface area contributed by atoms with Crippen molar-refractivity contribution in [3.05, 3.63) is 0 Å². The molecule has 1 aliphatic rings. The lowest BCUT2D eigenvalue weighted by Crippen LogP contribution is -2.42. The van der Waals surface area contributed by atoms with Crippen LogP contribution in [0.15, 0.2) is 0 Å². The van der Waals surface area contributed by atoms with Crippen LogP contribution < -0.4 is 5.73 Å². The number of carbonyl (C=O) groups excluding carboxylic acids is 1. The minimum absolute atomic E-state index is 0.362. The number of amides is 2. The van der Waals surface area contributed by atoms with E-state index in [1.165, 1.54) is 4.90 Å². The van der Waals surface area contributed by atoms with E-state index in [9.17, 15) is 13.6 Å². The van der Waals surface area contributed by atoms with Gasteiger partial charge in [0, 0.05) is 19.0 Å². The highest BCUT2D eigenvalue weighted by molar-refractivity contribution is 5.72. The lowest BCUT2D eigenvalue weighted by atomic mass is 9.98. The lowest BCUT2D eigenvalue weighted by Gasteiger charge is -2.30. The van der Waals surface area contributed by atoms with Crippen LogP contribution in [0, 0.1) is 5.92 Å². The van der Waals surface area contributed by atoms with Gasteiger partial charge in [-0.25, -0.2) is 13.6 Å². The number of hydrogen-bond acceptors (Lipinski definition) is 1. The normalized spacial score (nSPS) is 20.1. The van der Waals surface area contributed by atoms with Crippen LogP contribution in [0.25, 0.3) is 0 Å². The summed E-state index contributed by atoms with van der Waals surface area (Å²) in [7, 11) is 0. The first-order chi connectivity index (χ1) is 5.61. The number of urea groups is 1. The van der Waals surface area contributed by atoms with Crippen LogP contribution in [-0.4, -0.2) is 30.4 Å². The van der Waals surface area contributed by atoms with Gasteiger partial charge in [-0.15, -0.1) is 0 Å². The van der Waals surface area contributed by atoms with E-state index in [1.807, 2.05) is 0 Å². The first-order valence-corrected chi connectivity index (χ1v) is 3.94. The average molecular weight is 178 g/mol. The molecule has 1 saturated heterocycles. The molecule has 0 radical (unpaired) electrons. The Morgan fingerprint density at radius 1 is 1.42 bits per heavy atom. The van der Waals surface area contributed by atoms with E-state index in [-0.39, 0.29) is 0 Å². The molecule has 0 unspecified atom stereocenters. The molecule has 2 N–H and O–H groups in total. The second kappa shape index (κ2) is 3.69. The number of carbonyl (C=O) groups is 1. The fraction of sp³-hybridized carbons (Fsp3) is 0.857. The Morgan fingerprint density at radius 3 is 2.25 bits per heavy atom. The van der Waals surface area contributed by atoms with E-state index in [2.05, 4.69) is 0 Å². The number of likely N-dealkylation sites (tertiary alicyclic amines) is 1. The molecule has 12 heavy (non-hydrogen) atoms. The second-order valence-electron chi connectivity index (χ2n) is 3.00. The predicted molar refractivity (Wildman–Crippen MR) is 39.9 cm³/mol. The van der Waals surface area contributed by atoms with E-state index in [0.717, 1.165) is 0 Å². The van der Waals surface area contributed by atoms with Crippen LogP contribution in [0.1, 0.15) is 12.8 Å². The molecule has 1 fully saturated rings. The van der Waals surface area contributed by atoms with Crippen molar-refractivity contribution in [3.8, 4) is 0 Å². The molecule has 1 heterocycles. The van der Waals surface area contributed by atoms with E-state index in [4.69, 9.17) is 5.73 Å². The summed E-state index contributed by atoms with van der Waals surface area (Å²) < 4.78 is 24.2. The van der Waals surface area contributed by atoms with Gasteiger partial charge in [-0.3, -0.25) is 0 Å². The molecule has 3 nitrogen and oxygen atoms in total. The zero-order chi connectivity index (χ0) is 9.14. The van der Waals surface area contributed by atoms with Crippen molar-refractivity contribution < 1.29 is 13.6 Å². The molecule has 0 bridgehead atoms. The van der Waals surface area contributed by atoms with Crippen molar-refractivity contribution in [2.45, 2.75) is 19.3 Å². The number of nitrogens with zero attached hydrogens (tertiary/aromatic N) is 1. The lowest BCUT2D eigenvalue weighted by molar-refractivity contribution is 0.0429. The number of primary amides is 1. The van der Waals surface area contributed by atoms with Crippen LogP contribution in [0.3, 0.4) is 0 Å². The molecule has 70 valence electrons. The molecule has 0 aliphatic carbocycles. The third-order valence-electron chi connectivity index (χ3n) is 2.21. The Balaban J connectivity index is 2.34. The van der Waals surface area contributed by atoms with Gasteiger partial charge in [-0.05, 0) is 12.8 Å². The van der Waals surface area contributed by atoms with Gasteiger partial charge in [0.25, 0.3) is 0 Å². The zero-order valence-corrected chi connectivity index (χ0v) is 6.67. The summed E-state index contributed by atoms with van der Waals surface area (Å²) in [6.45, 7) is 0.731. The molecule has 0 aromatic carbocycles. The van der Waals surface area contributed by atoms with Crippen LogP contribution in [0.4, 0.5) is 13.6 Å². The standard InChI is InChI=1S/C7H12F2N2O/c8-6(9)5-1-3-11(4-2-5)7(10)12/h5-6H,1-4H2,(H2,10,12). The van der Waals surface area contributed by atoms with E-state index in [1.54, 1.807) is 0 Å². The molecule has 5 heteroatoms. The molecule has 0 atom stereocenters. The number of rotatable bonds is 1. The molecule has 0 saturated carbocycles. The van der Waals surface area contributed by atoms with E-state index < -0.39 is 18.4 Å². The van der Waals surface area contributed by atoms with Gasteiger partial charge in [-0.1, -0.05) is 0 Å². The molecule has 1 aliphatic heterocycles. The SMILES string of the molecule is NC(=O)N1CCC(C(F)F)CC1. The number of hydrogen-bond donors (Lipinski definition) is 1. The first-order valence-electron chi connectivity index (χ1n) is 3.94. The Labute approximate surface area is 69.5 Å². The van der Waals surface area contributed by atoms with E-state index in [0.29, 0.717) is 25.9 Å². The fourth-order valence-corrected chi connectivity index (χ4v) is 1.37. The largest absolute Gasteiger partial charge is 0.351 e. The topological polar surface area (TPSA) is 46.3 Å². The predicted octanol–water partition coefficient (Wildman–Crippen LogP) is 1.04. The summed E-state index contributed by atoms with van der Waals surface area (Å²) in [4.78, 5) is 12.0. The Kier molecular flexibility index (Phi) is 2.83. The van der Waals surface area contributed by atoms with Crippen molar-refractivity contribution >= 4 is 6.03 Å². The zero-order valence-electron chi connectivity index (χ0n) is 6.67. The highest BCUT2D eigenvalue weighted by Gasteiger charge is 2.27. The van der Waals surface area contributed by atoms with Crippen molar-refractivity contribution in [3.63, 3.8) is 0 Å². The highest BCUT2D eigenvalue weighted by atomic mass is 19.3. The Bertz CT molecular complexity index is 167. The van der Waals surface area contributed by atoms with Crippen LogP contribution in [-0.2, 0) is 0 Å². The van der Waals surface area contributed by atoms with Crippen molar-refractivity contribution in [1.82, 2.24) is 4.90 Å². The molecular weight excluding hydrogens is 166 g/mol. The third-order valence-corrected chi connectivity index (χ3v) is 2.21. The van der Waals surface area contributed by atoms with Gasteiger partial charge in [0.2, 0.25) is 6.43 Å². The maximum absolute atomic E-state index is 12.1. The summed E-state index contributed by atoms with van der Waals surface area (Å²) in [5, 5.41) is 0. The molecule has 2 amide bonds. The van der Waals surface area contributed by atoms with Gasteiger partial charge in [0.1, 0.15) is 0 Å². The van der Waals surface area contributed by atoms with Crippen LogP contribution in [0.5, 0.6) is 0 Å². The third kappa shape index (κ3) is 2.06. The van der Waals surface area contributed by atoms with Crippen LogP contribution in [0.2, 0.25) is 0 Å². The second-order valence-corrected chi connectivity index (χ2v) is 3.00. The van der Waals surface area contributed by atoms with Gasteiger partial charge >= 0.3 is 6.03 Å². The summed E-state index contributed by atoms with van der Waals surface area (Å²) in [5.41, 5.74) is 4.99. The quantitative estimate of drug-likeness (QED) is 0.640. The minimum Gasteiger partial charge on any atom is -0.351 e. The number of piperidine rings is 1. The smallest absolute Gasteiger partial charge is 0.314 e. The Morgan fingerprint density at radius 2 is 1.92 bits per heavy atom. The van der Waals surface area contributed by atoms with Crippen LogP contribution >= 0.6 is 0 Å². The monoisotopic (exact) mass is 178 g/mol.